The quantitative estimate of drug-likeness (QED) is 0.0177. The molecule has 34 heteroatoms. The molecule has 0 unspecified atom stereocenters. The zero-order valence-corrected chi connectivity index (χ0v) is 36.1. The number of aryl methyl sites for hydroxylation is 2. The van der Waals surface area contributed by atoms with Crippen LogP contribution < -0.4 is 21.3 Å². The summed E-state index contributed by atoms with van der Waals surface area (Å²) in [6.45, 7) is 2.38. The molecule has 0 spiro atoms. The zero-order valence-electron chi connectivity index (χ0n) is 31.2. The van der Waals surface area contributed by atoms with Gasteiger partial charge in [-0.25, -0.2) is 40.4 Å². The molecule has 60 heavy (non-hydrogen) atoms. The minimum absolute atomic E-state index is 0.0375. The standard InChI is InChI=1S/C13H20N4O10S3.C13H20N4O7S2.O3S/c1-10-8-12(15-3-6-29(19,20)7-5-25-30(21,22)23)17-13(11(10)9-14)16-2-4-24-28-27-26-18;1-10-8-12(15-2-4-18)17-13(11(10)9-14)16-3-6-25(19,20)7-5-24-26(21,22)23;1-4(2)3/h8,18H,2-7H2,1H3,(H2,15,16,17)(H,21,22,23);8,18H,2-7H2,1H3,(H2,15,16,17)(H,21,22,23);. The lowest BCUT2D eigenvalue weighted by Crippen LogP contribution is -2.22. The molecule has 340 valence electrons. The number of nitriles is 2. The fourth-order valence-corrected chi connectivity index (χ4v) is 6.85. The van der Waals surface area contributed by atoms with Gasteiger partial charge in [0.2, 0.25) is 0 Å². The SMILES string of the molecule is Cc1cc(NCCO)nc(NCCS(=O)(=O)CCOS(=O)(=O)O)c1C#N.Cc1cc(NCCS(=O)(=O)CCOS(=O)(=O)O)nc(NCCOSOOO)c1C#N.O=S(=O)=O. The predicted molar refractivity (Wildman–Crippen MR) is 209 cm³/mol. The Balaban J connectivity index is 0.00000107. The summed E-state index contributed by atoms with van der Waals surface area (Å²) in [5.74, 6) is -0.720. The Hall–Kier alpha value is -4.11. The number of anilines is 4. The van der Waals surface area contributed by atoms with E-state index in [0.717, 1.165) is 0 Å². The monoisotopic (exact) mass is 976 g/mol. The number of hydrogen-bond acceptors (Lipinski definition) is 27. The first kappa shape index (κ1) is 55.9. The summed E-state index contributed by atoms with van der Waals surface area (Å²) < 4.78 is 148. The number of aliphatic hydroxyl groups excluding tert-OH is 1. The van der Waals surface area contributed by atoms with E-state index in [0.29, 0.717) is 35.1 Å². The van der Waals surface area contributed by atoms with Gasteiger partial charge in [-0.05, 0) is 37.1 Å². The molecule has 0 amide bonds. The van der Waals surface area contributed by atoms with Crippen molar-refractivity contribution >= 4 is 86.7 Å². The molecule has 0 aliphatic carbocycles. The van der Waals surface area contributed by atoms with E-state index >= 15 is 0 Å². The van der Waals surface area contributed by atoms with Crippen molar-refractivity contribution in [3.63, 3.8) is 0 Å². The smallest absolute Gasteiger partial charge is 0.395 e. The van der Waals surface area contributed by atoms with Crippen molar-refractivity contribution in [2.75, 3.05) is 96.9 Å². The van der Waals surface area contributed by atoms with Crippen LogP contribution in [0.2, 0.25) is 0 Å². The van der Waals surface area contributed by atoms with E-state index in [1.165, 1.54) is 0 Å². The molecule has 0 saturated carbocycles. The summed E-state index contributed by atoms with van der Waals surface area (Å²) in [4.78, 5) is 8.39. The summed E-state index contributed by atoms with van der Waals surface area (Å²) in [7, 11) is -19.8. The van der Waals surface area contributed by atoms with Crippen molar-refractivity contribution in [1.29, 1.82) is 10.5 Å². The molecule has 0 bridgehead atoms. The van der Waals surface area contributed by atoms with Gasteiger partial charge < -0.3 is 26.4 Å². The van der Waals surface area contributed by atoms with Crippen LogP contribution >= 0.6 is 12.3 Å². The van der Waals surface area contributed by atoms with Crippen LogP contribution in [0.1, 0.15) is 22.3 Å². The highest BCUT2D eigenvalue weighted by molar-refractivity contribution is 7.91. The number of aromatic nitrogens is 2. The van der Waals surface area contributed by atoms with Gasteiger partial charge in [0.25, 0.3) is 0 Å². The molecule has 8 N–H and O–H groups in total. The Labute approximate surface area is 350 Å². The molecule has 2 aromatic heterocycles. The van der Waals surface area contributed by atoms with Crippen LogP contribution in [0.15, 0.2) is 12.1 Å². The lowest BCUT2D eigenvalue weighted by Gasteiger charge is -2.13. The van der Waals surface area contributed by atoms with Gasteiger partial charge in [-0.3, -0.25) is 13.3 Å². The Kier molecular flexibility index (Phi) is 26.5. The average molecular weight is 977 g/mol. The van der Waals surface area contributed by atoms with Crippen LogP contribution in [0.3, 0.4) is 0 Å². The largest absolute Gasteiger partial charge is 0.425 e. The van der Waals surface area contributed by atoms with Crippen LogP contribution in [0.5, 0.6) is 0 Å². The second-order valence-electron chi connectivity index (χ2n) is 10.8. The number of sulfone groups is 2. The van der Waals surface area contributed by atoms with E-state index in [-0.39, 0.29) is 73.7 Å². The summed E-state index contributed by atoms with van der Waals surface area (Å²) >= 11 is 0.402. The number of aliphatic hydroxyl groups is 1. The lowest BCUT2D eigenvalue weighted by atomic mass is 10.1. The van der Waals surface area contributed by atoms with Crippen LogP contribution in [0.25, 0.3) is 0 Å². The molecular formula is C26H40N8O20S6. The zero-order chi connectivity index (χ0) is 46.0. The van der Waals surface area contributed by atoms with Crippen molar-refractivity contribution in [1.82, 2.24) is 9.97 Å². The maximum Gasteiger partial charge on any atom is 0.425 e. The summed E-state index contributed by atoms with van der Waals surface area (Å²) in [5, 5.41) is 49.9. The minimum Gasteiger partial charge on any atom is -0.395 e. The highest BCUT2D eigenvalue weighted by Gasteiger charge is 2.17. The van der Waals surface area contributed by atoms with E-state index in [4.69, 9.17) is 36.3 Å². The first-order valence-electron chi connectivity index (χ1n) is 16.0. The Morgan fingerprint density at radius 3 is 1.47 bits per heavy atom. The number of rotatable bonds is 26. The lowest BCUT2D eigenvalue weighted by molar-refractivity contribution is -0.434. The second-order valence-corrected chi connectivity index (χ2v) is 18.5. The second kappa shape index (κ2) is 28.4. The maximum atomic E-state index is 11.9. The molecule has 0 saturated heterocycles. The molecule has 0 aliphatic heterocycles. The predicted octanol–water partition coefficient (Wildman–Crippen LogP) is -1.37. The van der Waals surface area contributed by atoms with E-state index in [1.807, 2.05) is 12.1 Å². The number of hydrogen-bond donors (Lipinski definition) is 8. The molecule has 0 aromatic carbocycles. The molecular weight excluding hydrogens is 937 g/mol. The summed E-state index contributed by atoms with van der Waals surface area (Å²) in [6.07, 6.45) is 0. The molecule has 2 rings (SSSR count). The van der Waals surface area contributed by atoms with Gasteiger partial charge >= 0.3 is 31.4 Å². The van der Waals surface area contributed by atoms with Crippen molar-refractivity contribution in [2.24, 2.45) is 0 Å². The fourth-order valence-electron chi connectivity index (χ4n) is 3.92. The Morgan fingerprint density at radius 1 is 0.683 bits per heavy atom. The van der Waals surface area contributed by atoms with E-state index in [2.05, 4.69) is 49.0 Å². The number of nitrogens with zero attached hydrogens (tertiary/aromatic N) is 4. The van der Waals surface area contributed by atoms with Gasteiger partial charge in [0.15, 0.2) is 32.0 Å². The first-order chi connectivity index (χ1) is 27.9. The van der Waals surface area contributed by atoms with Gasteiger partial charge in [-0.1, -0.05) is 5.04 Å². The number of nitrogens with one attached hydrogen (secondary N) is 4. The summed E-state index contributed by atoms with van der Waals surface area (Å²) in [6, 6.07) is 7.19. The van der Waals surface area contributed by atoms with Crippen molar-refractivity contribution in [2.45, 2.75) is 13.8 Å². The molecule has 0 aliphatic rings. The first-order valence-corrected chi connectivity index (χ1v) is 24.0. The number of pyridine rings is 2. The normalized spacial score (nSPS) is 11.4. The molecule has 28 nitrogen and oxygen atoms in total. The third-order valence-electron chi connectivity index (χ3n) is 6.34. The fraction of sp³-hybridized carbons (Fsp3) is 0.538. The highest BCUT2D eigenvalue weighted by atomic mass is 32.3. The molecule has 0 radical (unpaired) electrons. The highest BCUT2D eigenvalue weighted by Crippen LogP contribution is 2.21. The van der Waals surface area contributed by atoms with Crippen LogP contribution in [-0.4, -0.2) is 151 Å². The topological polar surface area (TPSA) is 436 Å². The molecule has 2 aromatic rings. The maximum absolute atomic E-state index is 11.9. The minimum atomic E-state index is -4.70. The Morgan fingerprint density at radius 2 is 1.08 bits per heavy atom. The van der Waals surface area contributed by atoms with Crippen molar-refractivity contribution in [3.8, 4) is 12.1 Å². The van der Waals surface area contributed by atoms with E-state index < -0.39 is 75.8 Å². The van der Waals surface area contributed by atoms with Crippen molar-refractivity contribution < 1.29 is 87.7 Å². The third kappa shape index (κ3) is 27.6. The van der Waals surface area contributed by atoms with Gasteiger partial charge in [0.05, 0.1) is 60.6 Å². The van der Waals surface area contributed by atoms with Crippen molar-refractivity contribution in [3.05, 3.63) is 34.4 Å². The van der Waals surface area contributed by atoms with Gasteiger partial charge in [-0.15, -0.1) is 17.0 Å². The van der Waals surface area contributed by atoms with Crippen LogP contribution in [-0.2, 0) is 73.0 Å². The summed E-state index contributed by atoms with van der Waals surface area (Å²) in [5.41, 5.74) is 1.76. The van der Waals surface area contributed by atoms with Crippen LogP contribution in [0.4, 0.5) is 23.3 Å². The van der Waals surface area contributed by atoms with Gasteiger partial charge in [0, 0.05) is 26.2 Å². The molecule has 0 fully saturated rings. The Bertz CT molecular complexity index is 2320. The van der Waals surface area contributed by atoms with E-state index in [9.17, 15) is 44.2 Å². The van der Waals surface area contributed by atoms with Gasteiger partial charge in [-0.2, -0.15) is 27.4 Å². The van der Waals surface area contributed by atoms with E-state index in [1.54, 1.807) is 26.0 Å². The average Bonchev–Trinajstić information content (AvgIpc) is 3.10. The van der Waals surface area contributed by atoms with Crippen LogP contribution in [0, 0.1) is 36.5 Å². The van der Waals surface area contributed by atoms with Gasteiger partial charge in [0.1, 0.15) is 35.4 Å². The molecule has 0 atom stereocenters. The third-order valence-corrected chi connectivity index (χ3v) is 10.9. The molecule has 2 heterocycles.